The van der Waals surface area contributed by atoms with Crippen LogP contribution in [0.3, 0.4) is 0 Å². The summed E-state index contributed by atoms with van der Waals surface area (Å²) in [6.07, 6.45) is 4.94. The molecule has 0 atom stereocenters. The Morgan fingerprint density at radius 3 is 2.91 bits per heavy atom. The van der Waals surface area contributed by atoms with Crippen molar-refractivity contribution in [3.05, 3.63) is 70.4 Å². The fourth-order valence-corrected chi connectivity index (χ4v) is 2.56. The van der Waals surface area contributed by atoms with E-state index in [9.17, 15) is 4.79 Å². The molecule has 0 saturated carbocycles. The van der Waals surface area contributed by atoms with Crippen LogP contribution in [0.4, 0.5) is 5.69 Å². The Kier molecular flexibility index (Phi) is 4.48. The van der Waals surface area contributed by atoms with Crippen molar-refractivity contribution in [2.75, 3.05) is 12.4 Å². The summed E-state index contributed by atoms with van der Waals surface area (Å²) in [7, 11) is 1.59. The number of anilines is 1. The van der Waals surface area contributed by atoms with E-state index in [4.69, 9.17) is 9.47 Å². The lowest BCUT2D eigenvalue weighted by atomic mass is 10.1. The zero-order valence-electron chi connectivity index (χ0n) is 12.4. The van der Waals surface area contributed by atoms with Gasteiger partial charge in [0.15, 0.2) is 0 Å². The number of fused-ring (bicyclic) bond motifs is 1. The highest BCUT2D eigenvalue weighted by molar-refractivity contribution is 9.10. The number of methoxy groups -OCH3 is 1. The number of carbonyl (C=O) groups excluding carboxylic acids is 1. The predicted molar refractivity (Wildman–Crippen MR) is 93.5 cm³/mol. The average Bonchev–Trinajstić information content (AvgIpc) is 2.77. The third kappa shape index (κ3) is 3.63. The Morgan fingerprint density at radius 1 is 1.22 bits per heavy atom. The SMILES string of the molecule is COc1cccc(NC(=O)C2=Cc3cc(Br)ccc3OC=C2)c1. The molecule has 5 heteroatoms. The van der Waals surface area contributed by atoms with Crippen molar-refractivity contribution in [1.29, 1.82) is 0 Å². The summed E-state index contributed by atoms with van der Waals surface area (Å²) in [5.74, 6) is 1.17. The first kappa shape index (κ1) is 15.4. The number of nitrogens with one attached hydrogen (secondary N) is 1. The van der Waals surface area contributed by atoms with Crippen LogP contribution in [-0.4, -0.2) is 13.0 Å². The predicted octanol–water partition coefficient (Wildman–Crippen LogP) is 4.39. The molecule has 2 aromatic rings. The van der Waals surface area contributed by atoms with Crippen LogP contribution in [0.5, 0.6) is 11.5 Å². The molecule has 0 aromatic heterocycles. The monoisotopic (exact) mass is 371 g/mol. The summed E-state index contributed by atoms with van der Waals surface area (Å²) in [5, 5.41) is 2.85. The molecular formula is C18H14BrNO3. The van der Waals surface area contributed by atoms with E-state index in [0.29, 0.717) is 22.8 Å². The molecule has 0 radical (unpaired) electrons. The topological polar surface area (TPSA) is 47.6 Å². The molecule has 1 aliphatic heterocycles. The Hall–Kier alpha value is -2.53. The van der Waals surface area contributed by atoms with E-state index in [1.807, 2.05) is 36.4 Å². The first-order valence-electron chi connectivity index (χ1n) is 6.95. The maximum Gasteiger partial charge on any atom is 0.255 e. The van der Waals surface area contributed by atoms with Gasteiger partial charge in [0.05, 0.1) is 13.4 Å². The molecule has 116 valence electrons. The summed E-state index contributed by atoms with van der Waals surface area (Å²) in [6, 6.07) is 12.9. The lowest BCUT2D eigenvalue weighted by Crippen LogP contribution is -2.13. The summed E-state index contributed by atoms with van der Waals surface area (Å²) in [5.41, 5.74) is 2.01. The molecule has 0 saturated heterocycles. The van der Waals surface area contributed by atoms with Gasteiger partial charge in [-0.3, -0.25) is 4.79 Å². The van der Waals surface area contributed by atoms with Crippen molar-refractivity contribution in [2.24, 2.45) is 0 Å². The van der Waals surface area contributed by atoms with Crippen molar-refractivity contribution in [2.45, 2.75) is 0 Å². The summed E-state index contributed by atoms with van der Waals surface area (Å²) in [6.45, 7) is 0. The normalized spacial score (nSPS) is 12.5. The quantitative estimate of drug-likeness (QED) is 0.870. The van der Waals surface area contributed by atoms with Crippen LogP contribution in [0, 0.1) is 0 Å². The molecule has 3 rings (SSSR count). The Bertz CT molecular complexity index is 812. The second-order valence-electron chi connectivity index (χ2n) is 4.89. The number of rotatable bonds is 3. The van der Waals surface area contributed by atoms with Crippen molar-refractivity contribution in [3.8, 4) is 11.5 Å². The van der Waals surface area contributed by atoms with E-state index in [1.165, 1.54) is 6.26 Å². The second kappa shape index (κ2) is 6.71. The van der Waals surface area contributed by atoms with E-state index >= 15 is 0 Å². The van der Waals surface area contributed by atoms with E-state index in [1.54, 1.807) is 25.3 Å². The minimum atomic E-state index is -0.217. The number of hydrogen-bond acceptors (Lipinski definition) is 3. The van der Waals surface area contributed by atoms with Crippen LogP contribution >= 0.6 is 15.9 Å². The first-order chi connectivity index (χ1) is 11.2. The van der Waals surface area contributed by atoms with Gasteiger partial charge in [-0.2, -0.15) is 0 Å². The van der Waals surface area contributed by atoms with Gasteiger partial charge in [-0.25, -0.2) is 0 Å². The van der Waals surface area contributed by atoms with Crippen molar-refractivity contribution in [3.63, 3.8) is 0 Å². The van der Waals surface area contributed by atoms with Crippen molar-refractivity contribution >= 4 is 33.6 Å². The lowest BCUT2D eigenvalue weighted by Gasteiger charge is -2.07. The number of hydrogen-bond donors (Lipinski definition) is 1. The smallest absolute Gasteiger partial charge is 0.255 e. The molecule has 0 fully saturated rings. The summed E-state index contributed by atoms with van der Waals surface area (Å²) in [4.78, 5) is 12.5. The molecule has 0 aliphatic carbocycles. The minimum absolute atomic E-state index is 0.217. The third-order valence-electron chi connectivity index (χ3n) is 3.32. The fraction of sp³-hybridized carbons (Fsp3) is 0.0556. The molecule has 4 nitrogen and oxygen atoms in total. The van der Waals surface area contributed by atoms with E-state index in [-0.39, 0.29) is 5.91 Å². The molecular weight excluding hydrogens is 358 g/mol. The van der Waals surface area contributed by atoms with Gasteiger partial charge in [0, 0.05) is 27.4 Å². The van der Waals surface area contributed by atoms with Gasteiger partial charge in [-0.1, -0.05) is 22.0 Å². The molecule has 23 heavy (non-hydrogen) atoms. The minimum Gasteiger partial charge on any atom is -0.497 e. The van der Waals surface area contributed by atoms with Gasteiger partial charge < -0.3 is 14.8 Å². The largest absolute Gasteiger partial charge is 0.497 e. The Morgan fingerprint density at radius 2 is 2.09 bits per heavy atom. The summed E-state index contributed by atoms with van der Waals surface area (Å²) < 4.78 is 11.6. The average molecular weight is 372 g/mol. The fourth-order valence-electron chi connectivity index (χ4n) is 2.18. The van der Waals surface area contributed by atoms with Crippen molar-refractivity contribution in [1.82, 2.24) is 0 Å². The van der Waals surface area contributed by atoms with Crippen molar-refractivity contribution < 1.29 is 14.3 Å². The van der Waals surface area contributed by atoms with Gasteiger partial charge in [-0.15, -0.1) is 0 Å². The first-order valence-corrected chi connectivity index (χ1v) is 7.75. The number of amides is 1. The molecule has 1 amide bonds. The van der Waals surface area contributed by atoms with E-state index in [2.05, 4.69) is 21.2 Å². The zero-order valence-corrected chi connectivity index (χ0v) is 14.0. The maximum absolute atomic E-state index is 12.5. The lowest BCUT2D eigenvalue weighted by molar-refractivity contribution is -0.112. The van der Waals surface area contributed by atoms with Crippen LogP contribution in [0.1, 0.15) is 5.56 Å². The van der Waals surface area contributed by atoms with Gasteiger partial charge >= 0.3 is 0 Å². The molecule has 1 aliphatic rings. The van der Waals surface area contributed by atoms with Crippen LogP contribution in [0.2, 0.25) is 0 Å². The summed E-state index contributed by atoms with van der Waals surface area (Å²) >= 11 is 3.42. The number of ether oxygens (including phenoxy) is 2. The number of halogens is 1. The second-order valence-corrected chi connectivity index (χ2v) is 5.80. The van der Waals surface area contributed by atoms with Crippen LogP contribution in [0.25, 0.3) is 6.08 Å². The van der Waals surface area contributed by atoms with E-state index in [0.717, 1.165) is 10.0 Å². The molecule has 2 aromatic carbocycles. The number of benzene rings is 2. The van der Waals surface area contributed by atoms with Crippen LogP contribution in [0.15, 0.2) is 64.8 Å². The standard InChI is InChI=1S/C18H14BrNO3/c1-22-16-4-2-3-15(11-16)20-18(21)12-7-8-23-17-6-5-14(19)10-13(17)9-12/h2-11H,1H3,(H,20,21). The van der Waals surface area contributed by atoms with Crippen LogP contribution < -0.4 is 14.8 Å². The Labute approximate surface area is 142 Å². The number of carbonyl (C=O) groups is 1. The van der Waals surface area contributed by atoms with Gasteiger partial charge in [-0.05, 0) is 42.5 Å². The molecule has 0 spiro atoms. The maximum atomic E-state index is 12.5. The molecule has 0 bridgehead atoms. The third-order valence-corrected chi connectivity index (χ3v) is 3.81. The highest BCUT2D eigenvalue weighted by Crippen LogP contribution is 2.28. The molecule has 0 unspecified atom stereocenters. The zero-order chi connectivity index (χ0) is 16.2. The molecule has 1 N–H and O–H groups in total. The highest BCUT2D eigenvalue weighted by atomic mass is 79.9. The molecule has 1 heterocycles. The van der Waals surface area contributed by atoms with Crippen LogP contribution in [-0.2, 0) is 4.79 Å². The van der Waals surface area contributed by atoms with Gasteiger partial charge in [0.2, 0.25) is 0 Å². The van der Waals surface area contributed by atoms with E-state index < -0.39 is 0 Å². The highest BCUT2D eigenvalue weighted by Gasteiger charge is 2.12. The van der Waals surface area contributed by atoms with Gasteiger partial charge in [0.25, 0.3) is 5.91 Å². The Balaban J connectivity index is 1.86. The van der Waals surface area contributed by atoms with Gasteiger partial charge in [0.1, 0.15) is 11.5 Å².